The molecule has 0 radical (unpaired) electrons. The topological polar surface area (TPSA) is 38.0 Å². The third kappa shape index (κ3) is 3.06. The molecule has 0 aliphatic heterocycles. The number of thiophene rings is 1. The molecular formula is C15H18N2OS. The summed E-state index contributed by atoms with van der Waals surface area (Å²) >= 11 is 1.65. The Kier molecular flexibility index (Phi) is 4.41. The van der Waals surface area contributed by atoms with Crippen molar-refractivity contribution in [2.75, 3.05) is 6.61 Å². The van der Waals surface area contributed by atoms with Gasteiger partial charge < -0.3 is 5.11 Å². The highest BCUT2D eigenvalue weighted by molar-refractivity contribution is 7.12. The normalized spacial score (nSPS) is 10.3. The minimum absolute atomic E-state index is 0.0927. The highest BCUT2D eigenvalue weighted by Gasteiger charge is 2.10. The van der Waals surface area contributed by atoms with Crippen LogP contribution in [0.3, 0.4) is 0 Å². The second-order valence-corrected chi connectivity index (χ2v) is 5.55. The summed E-state index contributed by atoms with van der Waals surface area (Å²) in [5.41, 5.74) is 3.71. The zero-order valence-electron chi connectivity index (χ0n) is 11.5. The molecule has 0 aliphatic carbocycles. The van der Waals surface area contributed by atoms with E-state index in [2.05, 4.69) is 48.5 Å². The molecule has 0 fully saturated rings. The van der Waals surface area contributed by atoms with Gasteiger partial charge in [-0.1, -0.05) is 18.8 Å². The standard InChI is InChI=1S/C15H18N2OS/c1-4-15-11(2)16-17(12(15)3)10-14-8-7-13(19-14)6-5-9-18/h7-8,18H,4,9-10H2,1-3H3. The van der Waals surface area contributed by atoms with Crippen LogP contribution < -0.4 is 0 Å². The lowest BCUT2D eigenvalue weighted by molar-refractivity contribution is 0.350. The van der Waals surface area contributed by atoms with Gasteiger partial charge in [-0.2, -0.15) is 5.10 Å². The monoisotopic (exact) mass is 274 g/mol. The molecule has 2 heterocycles. The van der Waals surface area contributed by atoms with Crippen LogP contribution in [0.5, 0.6) is 0 Å². The van der Waals surface area contributed by atoms with E-state index in [-0.39, 0.29) is 6.61 Å². The molecule has 0 aromatic carbocycles. The van der Waals surface area contributed by atoms with Gasteiger partial charge in [0, 0.05) is 10.6 Å². The molecule has 2 aromatic heterocycles. The molecular weight excluding hydrogens is 256 g/mol. The first kappa shape index (κ1) is 13.9. The van der Waals surface area contributed by atoms with Crippen molar-refractivity contribution < 1.29 is 5.11 Å². The zero-order valence-corrected chi connectivity index (χ0v) is 12.3. The molecule has 2 rings (SSSR count). The molecule has 0 saturated heterocycles. The summed E-state index contributed by atoms with van der Waals surface area (Å²) in [5.74, 6) is 5.60. The van der Waals surface area contributed by atoms with Gasteiger partial charge in [0.2, 0.25) is 0 Å². The summed E-state index contributed by atoms with van der Waals surface area (Å²) < 4.78 is 2.06. The predicted octanol–water partition coefficient (Wildman–Crippen LogP) is 2.52. The van der Waals surface area contributed by atoms with Crippen LogP contribution in [-0.4, -0.2) is 21.5 Å². The average molecular weight is 274 g/mol. The minimum atomic E-state index is -0.0927. The van der Waals surface area contributed by atoms with Crippen LogP contribution >= 0.6 is 11.3 Å². The first-order valence-corrected chi connectivity index (χ1v) is 7.18. The van der Waals surface area contributed by atoms with Crippen LogP contribution in [-0.2, 0) is 13.0 Å². The quantitative estimate of drug-likeness (QED) is 0.873. The Bertz CT molecular complexity index is 628. The SMILES string of the molecule is CCc1c(C)nn(Cc2ccc(C#CCO)s2)c1C. The smallest absolute Gasteiger partial charge is 0.104 e. The molecule has 0 atom stereocenters. The predicted molar refractivity (Wildman–Crippen MR) is 78.5 cm³/mol. The Labute approximate surface area is 117 Å². The van der Waals surface area contributed by atoms with E-state index < -0.39 is 0 Å². The summed E-state index contributed by atoms with van der Waals surface area (Å²) in [7, 11) is 0. The molecule has 3 nitrogen and oxygen atoms in total. The van der Waals surface area contributed by atoms with Crippen LogP contribution in [0.4, 0.5) is 0 Å². The van der Waals surface area contributed by atoms with Gasteiger partial charge in [0.25, 0.3) is 0 Å². The van der Waals surface area contributed by atoms with Gasteiger partial charge in [-0.15, -0.1) is 11.3 Å². The van der Waals surface area contributed by atoms with Crippen molar-refractivity contribution in [1.29, 1.82) is 0 Å². The Balaban J connectivity index is 2.19. The van der Waals surface area contributed by atoms with E-state index in [1.807, 2.05) is 6.07 Å². The van der Waals surface area contributed by atoms with Crippen LogP contribution in [0.2, 0.25) is 0 Å². The van der Waals surface area contributed by atoms with Gasteiger partial charge in [0.05, 0.1) is 17.1 Å². The average Bonchev–Trinajstić information content (AvgIpc) is 2.93. The summed E-state index contributed by atoms with van der Waals surface area (Å²) in [4.78, 5) is 2.22. The van der Waals surface area contributed by atoms with Gasteiger partial charge in [0.1, 0.15) is 6.61 Å². The van der Waals surface area contributed by atoms with Crippen molar-refractivity contribution in [3.63, 3.8) is 0 Å². The summed E-state index contributed by atoms with van der Waals surface area (Å²) in [6.45, 7) is 7.05. The molecule has 4 heteroatoms. The fraction of sp³-hybridized carbons (Fsp3) is 0.400. The molecule has 0 bridgehead atoms. The van der Waals surface area contributed by atoms with E-state index in [9.17, 15) is 0 Å². The molecule has 100 valence electrons. The Hall–Kier alpha value is -1.57. The number of hydrogen-bond acceptors (Lipinski definition) is 3. The molecule has 1 N–H and O–H groups in total. The van der Waals surface area contributed by atoms with Gasteiger partial charge >= 0.3 is 0 Å². The Morgan fingerprint density at radius 3 is 2.79 bits per heavy atom. The second-order valence-electron chi connectivity index (χ2n) is 4.39. The van der Waals surface area contributed by atoms with Crippen molar-refractivity contribution in [3.8, 4) is 11.8 Å². The van der Waals surface area contributed by atoms with Crippen molar-refractivity contribution in [2.24, 2.45) is 0 Å². The molecule has 19 heavy (non-hydrogen) atoms. The van der Waals surface area contributed by atoms with Crippen LogP contribution in [0, 0.1) is 25.7 Å². The summed E-state index contributed by atoms with van der Waals surface area (Å²) in [5, 5.41) is 13.3. The lowest BCUT2D eigenvalue weighted by Crippen LogP contribution is -2.02. The lowest BCUT2D eigenvalue weighted by Gasteiger charge is -2.02. The molecule has 0 amide bonds. The van der Waals surface area contributed by atoms with Crippen LogP contribution in [0.15, 0.2) is 12.1 Å². The van der Waals surface area contributed by atoms with Gasteiger partial charge in [0.15, 0.2) is 0 Å². The first-order chi connectivity index (χ1) is 9.15. The molecule has 0 unspecified atom stereocenters. The van der Waals surface area contributed by atoms with Crippen molar-refractivity contribution in [2.45, 2.75) is 33.7 Å². The van der Waals surface area contributed by atoms with E-state index in [1.165, 1.54) is 16.1 Å². The highest BCUT2D eigenvalue weighted by Crippen LogP contribution is 2.19. The largest absolute Gasteiger partial charge is 0.384 e. The van der Waals surface area contributed by atoms with Gasteiger partial charge in [-0.3, -0.25) is 4.68 Å². The number of aryl methyl sites for hydroxylation is 1. The number of nitrogens with zero attached hydrogens (tertiary/aromatic N) is 2. The van der Waals surface area contributed by atoms with E-state index in [1.54, 1.807) is 11.3 Å². The van der Waals surface area contributed by atoms with Gasteiger partial charge in [-0.05, 0) is 38.0 Å². The number of aromatic nitrogens is 2. The fourth-order valence-electron chi connectivity index (χ4n) is 2.20. The van der Waals surface area contributed by atoms with Crippen molar-refractivity contribution in [3.05, 3.63) is 38.8 Å². The third-order valence-electron chi connectivity index (χ3n) is 3.14. The first-order valence-electron chi connectivity index (χ1n) is 6.37. The summed E-state index contributed by atoms with van der Waals surface area (Å²) in [6.07, 6.45) is 1.02. The maximum absolute atomic E-state index is 8.68. The maximum atomic E-state index is 8.68. The molecule has 2 aromatic rings. The molecule has 0 aliphatic rings. The van der Waals surface area contributed by atoms with Gasteiger partial charge in [-0.25, -0.2) is 0 Å². The van der Waals surface area contributed by atoms with Crippen molar-refractivity contribution >= 4 is 11.3 Å². The second kappa shape index (κ2) is 6.05. The van der Waals surface area contributed by atoms with E-state index in [4.69, 9.17) is 5.11 Å². The van der Waals surface area contributed by atoms with E-state index in [0.717, 1.165) is 23.5 Å². The Morgan fingerprint density at radius 1 is 1.37 bits per heavy atom. The fourth-order valence-corrected chi connectivity index (χ4v) is 3.07. The number of hydrogen-bond donors (Lipinski definition) is 1. The summed E-state index contributed by atoms with van der Waals surface area (Å²) in [6, 6.07) is 4.07. The van der Waals surface area contributed by atoms with Crippen molar-refractivity contribution in [1.82, 2.24) is 9.78 Å². The number of aliphatic hydroxyl groups excluding tert-OH is 1. The highest BCUT2D eigenvalue weighted by atomic mass is 32.1. The van der Waals surface area contributed by atoms with Crippen LogP contribution in [0.25, 0.3) is 0 Å². The number of aliphatic hydroxyl groups is 1. The van der Waals surface area contributed by atoms with Crippen LogP contribution in [0.1, 0.15) is 33.6 Å². The maximum Gasteiger partial charge on any atom is 0.104 e. The third-order valence-corrected chi connectivity index (χ3v) is 4.13. The minimum Gasteiger partial charge on any atom is -0.384 e. The molecule has 0 saturated carbocycles. The van der Waals surface area contributed by atoms with E-state index in [0.29, 0.717) is 0 Å². The lowest BCUT2D eigenvalue weighted by atomic mass is 10.1. The Morgan fingerprint density at radius 2 is 2.16 bits per heavy atom. The number of rotatable bonds is 3. The van der Waals surface area contributed by atoms with E-state index >= 15 is 0 Å². The zero-order chi connectivity index (χ0) is 13.8. The molecule has 0 spiro atoms.